The molecule has 2 rings (SSSR count). The topological polar surface area (TPSA) is 46.0 Å². The fourth-order valence-corrected chi connectivity index (χ4v) is 1.82. The first-order chi connectivity index (χ1) is 8.65. The Labute approximate surface area is 108 Å². The molecule has 2 aromatic rings. The van der Waals surface area contributed by atoms with Gasteiger partial charge in [-0.1, -0.05) is 0 Å². The van der Waals surface area contributed by atoms with Crippen LogP contribution in [0.25, 0.3) is 11.4 Å². The van der Waals surface area contributed by atoms with Crippen LogP contribution in [0.4, 0.5) is 0 Å². The van der Waals surface area contributed by atoms with Crippen molar-refractivity contribution in [2.45, 2.75) is 32.8 Å². The highest BCUT2D eigenvalue weighted by Gasteiger charge is 2.04. The third-order valence-electron chi connectivity index (χ3n) is 2.85. The molecule has 1 atom stereocenters. The Bertz CT molecular complexity index is 523. The summed E-state index contributed by atoms with van der Waals surface area (Å²) in [6.45, 7) is 3.85. The molecule has 3 heteroatoms. The second-order valence-electron chi connectivity index (χ2n) is 4.66. The third-order valence-corrected chi connectivity index (χ3v) is 2.85. The first kappa shape index (κ1) is 12.7. The Hall–Kier alpha value is -1.74. The lowest BCUT2D eigenvalue weighted by atomic mass is 10.1. The zero-order chi connectivity index (χ0) is 13.0. The highest BCUT2D eigenvalue weighted by Crippen LogP contribution is 2.17. The molecule has 3 nitrogen and oxygen atoms in total. The average Bonchev–Trinajstić information content (AvgIpc) is 2.37. The zero-order valence-electron chi connectivity index (χ0n) is 10.8. The number of pyridine rings is 2. The molecule has 2 heterocycles. The number of nitrogens with zero attached hydrogens (tertiary/aromatic N) is 2. The fraction of sp³-hybridized carbons (Fsp3) is 0.333. The van der Waals surface area contributed by atoms with Crippen molar-refractivity contribution in [1.29, 1.82) is 0 Å². The molecule has 0 aliphatic carbocycles. The predicted octanol–water partition coefficient (Wildman–Crippen LogP) is 2.77. The number of aliphatic hydroxyl groups is 1. The number of rotatable bonds is 4. The molecule has 2 aromatic heterocycles. The molecule has 0 saturated carbocycles. The lowest BCUT2D eigenvalue weighted by Gasteiger charge is -2.06. The average molecular weight is 242 g/mol. The smallest absolute Gasteiger partial charge is 0.0888 e. The Morgan fingerprint density at radius 1 is 1.11 bits per heavy atom. The van der Waals surface area contributed by atoms with Gasteiger partial charge in [0.1, 0.15) is 0 Å². The number of aliphatic hydroxyl groups excluding tert-OH is 1. The van der Waals surface area contributed by atoms with Gasteiger partial charge in [-0.3, -0.25) is 9.97 Å². The van der Waals surface area contributed by atoms with Crippen LogP contribution < -0.4 is 0 Å². The highest BCUT2D eigenvalue weighted by molar-refractivity contribution is 5.55. The molecule has 0 radical (unpaired) electrons. The van der Waals surface area contributed by atoms with E-state index in [4.69, 9.17) is 0 Å². The normalized spacial score (nSPS) is 12.4. The van der Waals surface area contributed by atoms with E-state index in [1.807, 2.05) is 38.1 Å². The first-order valence-electron chi connectivity index (χ1n) is 6.21. The molecule has 18 heavy (non-hydrogen) atoms. The van der Waals surface area contributed by atoms with Gasteiger partial charge >= 0.3 is 0 Å². The first-order valence-corrected chi connectivity index (χ1v) is 6.21. The summed E-state index contributed by atoms with van der Waals surface area (Å²) >= 11 is 0. The Morgan fingerprint density at radius 2 is 1.78 bits per heavy atom. The van der Waals surface area contributed by atoms with Crippen molar-refractivity contribution in [2.24, 2.45) is 0 Å². The molecule has 1 N–H and O–H groups in total. The van der Waals surface area contributed by atoms with Crippen LogP contribution in [0.15, 0.2) is 36.7 Å². The molecule has 94 valence electrons. The van der Waals surface area contributed by atoms with Crippen molar-refractivity contribution < 1.29 is 5.11 Å². The van der Waals surface area contributed by atoms with Gasteiger partial charge in [0, 0.05) is 12.4 Å². The molecule has 0 aromatic carbocycles. The van der Waals surface area contributed by atoms with Crippen LogP contribution in [-0.4, -0.2) is 21.2 Å². The molecule has 0 saturated heterocycles. The van der Waals surface area contributed by atoms with Crippen molar-refractivity contribution in [3.63, 3.8) is 0 Å². The summed E-state index contributed by atoms with van der Waals surface area (Å²) in [4.78, 5) is 8.69. The lowest BCUT2D eigenvalue weighted by Crippen LogP contribution is -2.01. The minimum atomic E-state index is -0.265. The van der Waals surface area contributed by atoms with Gasteiger partial charge in [-0.15, -0.1) is 0 Å². The van der Waals surface area contributed by atoms with Gasteiger partial charge in [-0.2, -0.15) is 0 Å². The second-order valence-corrected chi connectivity index (χ2v) is 4.66. The Balaban J connectivity index is 2.21. The number of aromatic nitrogens is 2. The van der Waals surface area contributed by atoms with Crippen LogP contribution in [-0.2, 0) is 6.42 Å². The van der Waals surface area contributed by atoms with E-state index in [9.17, 15) is 5.11 Å². The molecule has 0 amide bonds. The van der Waals surface area contributed by atoms with Gasteiger partial charge in [0.25, 0.3) is 0 Å². The number of hydrogen-bond donors (Lipinski definition) is 1. The van der Waals surface area contributed by atoms with Gasteiger partial charge < -0.3 is 5.11 Å². The molecular weight excluding hydrogens is 224 g/mol. The van der Waals surface area contributed by atoms with Crippen molar-refractivity contribution in [3.8, 4) is 11.4 Å². The SMILES string of the molecule is Cc1ccnc(-c2cc(CCC(C)O)ccn2)c1. The van der Waals surface area contributed by atoms with E-state index in [1.54, 1.807) is 12.4 Å². The zero-order valence-corrected chi connectivity index (χ0v) is 10.8. The summed E-state index contributed by atoms with van der Waals surface area (Å²) in [6, 6.07) is 8.04. The maximum atomic E-state index is 9.31. The van der Waals surface area contributed by atoms with Gasteiger partial charge in [0.05, 0.1) is 17.5 Å². The van der Waals surface area contributed by atoms with Crippen LogP contribution in [0.2, 0.25) is 0 Å². The third kappa shape index (κ3) is 3.37. The van der Waals surface area contributed by atoms with E-state index >= 15 is 0 Å². The van der Waals surface area contributed by atoms with E-state index in [0.29, 0.717) is 0 Å². The molecule has 0 fully saturated rings. The Morgan fingerprint density at radius 3 is 2.44 bits per heavy atom. The van der Waals surface area contributed by atoms with Crippen LogP contribution in [0, 0.1) is 6.92 Å². The largest absolute Gasteiger partial charge is 0.393 e. The number of hydrogen-bond acceptors (Lipinski definition) is 3. The number of aryl methyl sites for hydroxylation is 2. The van der Waals surface area contributed by atoms with Gasteiger partial charge in [0.15, 0.2) is 0 Å². The summed E-state index contributed by atoms with van der Waals surface area (Å²) in [5.41, 5.74) is 4.15. The minimum Gasteiger partial charge on any atom is -0.393 e. The summed E-state index contributed by atoms with van der Waals surface area (Å²) in [7, 11) is 0. The van der Waals surface area contributed by atoms with E-state index in [-0.39, 0.29) is 6.10 Å². The minimum absolute atomic E-state index is 0.265. The van der Waals surface area contributed by atoms with E-state index in [2.05, 4.69) is 9.97 Å². The quantitative estimate of drug-likeness (QED) is 0.896. The van der Waals surface area contributed by atoms with E-state index < -0.39 is 0 Å². The summed E-state index contributed by atoms with van der Waals surface area (Å²) in [5, 5.41) is 9.31. The van der Waals surface area contributed by atoms with Crippen molar-refractivity contribution in [3.05, 3.63) is 47.8 Å². The summed E-state index contributed by atoms with van der Waals surface area (Å²) < 4.78 is 0. The van der Waals surface area contributed by atoms with E-state index in [1.165, 1.54) is 11.1 Å². The molecule has 0 bridgehead atoms. The van der Waals surface area contributed by atoms with Crippen molar-refractivity contribution in [1.82, 2.24) is 9.97 Å². The Kier molecular flexibility index (Phi) is 4.05. The molecule has 0 aliphatic rings. The molecule has 1 unspecified atom stereocenters. The van der Waals surface area contributed by atoms with Crippen molar-refractivity contribution >= 4 is 0 Å². The maximum Gasteiger partial charge on any atom is 0.0888 e. The second kappa shape index (κ2) is 5.74. The molecule has 0 spiro atoms. The predicted molar refractivity (Wildman–Crippen MR) is 72.2 cm³/mol. The van der Waals surface area contributed by atoms with Gasteiger partial charge in [0.2, 0.25) is 0 Å². The summed E-state index contributed by atoms with van der Waals surface area (Å²) in [5.74, 6) is 0. The summed E-state index contributed by atoms with van der Waals surface area (Å²) in [6.07, 6.45) is 4.97. The highest BCUT2D eigenvalue weighted by atomic mass is 16.3. The van der Waals surface area contributed by atoms with Crippen LogP contribution in [0.5, 0.6) is 0 Å². The fourth-order valence-electron chi connectivity index (χ4n) is 1.82. The lowest BCUT2D eigenvalue weighted by molar-refractivity contribution is 0.185. The van der Waals surface area contributed by atoms with Gasteiger partial charge in [-0.05, 0) is 62.1 Å². The maximum absolute atomic E-state index is 9.31. The molecular formula is C15H18N2O. The monoisotopic (exact) mass is 242 g/mol. The van der Waals surface area contributed by atoms with E-state index in [0.717, 1.165) is 24.2 Å². The van der Waals surface area contributed by atoms with Crippen LogP contribution >= 0.6 is 0 Å². The van der Waals surface area contributed by atoms with Gasteiger partial charge in [-0.25, -0.2) is 0 Å². The van der Waals surface area contributed by atoms with Crippen molar-refractivity contribution in [2.75, 3.05) is 0 Å². The standard InChI is InChI=1S/C15H18N2O/c1-11-5-7-16-14(9-11)15-10-13(6-8-17-15)4-3-12(2)18/h5-10,12,18H,3-4H2,1-2H3. The van der Waals surface area contributed by atoms with Crippen LogP contribution in [0.1, 0.15) is 24.5 Å². The molecule has 0 aliphatic heterocycles. The van der Waals surface area contributed by atoms with Crippen LogP contribution in [0.3, 0.4) is 0 Å².